The molecule has 0 radical (unpaired) electrons. The van der Waals surface area contributed by atoms with Gasteiger partial charge in [0.2, 0.25) is 5.24 Å². The molecule has 0 fully saturated rings. The van der Waals surface area contributed by atoms with Gasteiger partial charge in [0, 0.05) is 6.92 Å². The molecular formula is C2H3Al2Cl7O. The molecule has 1 nitrogen and oxygen atoms in total. The van der Waals surface area contributed by atoms with E-state index in [9.17, 15) is 4.79 Å². The Bertz CT molecular complexity index is 81.9. The van der Waals surface area contributed by atoms with E-state index in [2.05, 4.69) is 11.6 Å². The van der Waals surface area contributed by atoms with E-state index >= 15 is 0 Å². The van der Waals surface area contributed by atoms with E-state index in [-0.39, 0.29) is 5.24 Å². The van der Waals surface area contributed by atoms with Crippen LogP contribution < -0.4 is 0 Å². The van der Waals surface area contributed by atoms with Crippen molar-refractivity contribution < 1.29 is 4.79 Å². The summed E-state index contributed by atoms with van der Waals surface area (Å²) in [6, 6.07) is 0. The Kier molecular flexibility index (Phi) is 27.3. The first-order chi connectivity index (χ1) is 5.20. The van der Waals surface area contributed by atoms with E-state index in [1.54, 1.807) is 0 Å². The second-order valence-corrected chi connectivity index (χ2v) is 14.4. The number of hydrogen-bond acceptors (Lipinski definition) is 1. The summed E-state index contributed by atoms with van der Waals surface area (Å²) in [6.07, 6.45) is 0. The van der Waals surface area contributed by atoms with Crippen LogP contribution in [0.2, 0.25) is 0 Å². The third-order valence-electron chi connectivity index (χ3n) is 0. The van der Waals surface area contributed by atoms with Crippen molar-refractivity contribution in [3.8, 4) is 0 Å². The Balaban J connectivity index is -0.000000101. The maximum absolute atomic E-state index is 9.21. The minimum atomic E-state index is -1.72. The molecule has 0 heterocycles. The molecule has 0 saturated carbocycles. The van der Waals surface area contributed by atoms with Crippen LogP contribution in [0.3, 0.4) is 0 Å². The second-order valence-electron chi connectivity index (χ2n) is 0.965. The Labute approximate surface area is 110 Å². The molecule has 0 aromatic heterocycles. The summed E-state index contributed by atoms with van der Waals surface area (Å²) >= 11 is 1.19. The van der Waals surface area contributed by atoms with Crippen molar-refractivity contribution in [3.63, 3.8) is 0 Å². The lowest BCUT2D eigenvalue weighted by molar-refractivity contribution is -0.109. The lowest BCUT2D eigenvalue weighted by Gasteiger charge is -1.57. The Morgan fingerprint density at radius 1 is 0.917 bits per heavy atom. The van der Waals surface area contributed by atoms with Crippen LogP contribution >= 0.6 is 71.9 Å². The fraction of sp³-hybridized carbons (Fsp3) is 0.500. The first kappa shape index (κ1) is 20.2. The first-order valence-corrected chi connectivity index (χ1v) is 13.1. The molecule has 0 atom stereocenters. The SMILES string of the molecule is CC(=O)Cl.[Cl][Al]([Cl])[Cl].[Cl][Al]([Cl])[Cl]. The summed E-state index contributed by atoms with van der Waals surface area (Å²) < 4.78 is 0. The normalized spacial score (nSPS) is 6.67. The number of halogens is 7. The largest absolute Gasteiger partial charge is 0.643 e. The molecule has 72 valence electrons. The summed E-state index contributed by atoms with van der Waals surface area (Å²) in [5, 5.41) is -0.361. The minimum Gasteiger partial charge on any atom is -0.282 e. The van der Waals surface area contributed by atoms with E-state index in [0.29, 0.717) is 0 Å². The Hall–Kier alpha value is 2.76. The molecule has 0 aliphatic heterocycles. The maximum Gasteiger partial charge on any atom is 0.643 e. The highest BCUT2D eigenvalue weighted by molar-refractivity contribution is 7.54. The molecule has 12 heavy (non-hydrogen) atoms. The molecule has 0 unspecified atom stereocenters. The van der Waals surface area contributed by atoms with Crippen LogP contribution in [0.25, 0.3) is 0 Å². The highest BCUT2D eigenvalue weighted by Gasteiger charge is 2.00. The topological polar surface area (TPSA) is 17.1 Å². The molecule has 0 rings (SSSR count). The molecule has 0 N–H and O–H groups in total. The molecule has 10 heteroatoms. The van der Waals surface area contributed by atoms with Crippen molar-refractivity contribution in [1.29, 1.82) is 0 Å². The van der Waals surface area contributed by atoms with E-state index in [0.717, 1.165) is 0 Å². The highest BCUT2D eigenvalue weighted by atomic mass is 35.8. The van der Waals surface area contributed by atoms with Gasteiger partial charge in [-0.3, -0.25) is 4.79 Å². The molecular weight excluding hydrogens is 342 g/mol. The van der Waals surface area contributed by atoms with Crippen molar-refractivity contribution in [2.75, 3.05) is 0 Å². The quantitative estimate of drug-likeness (QED) is 0.476. The van der Waals surface area contributed by atoms with Crippen molar-refractivity contribution >= 4 is 99.9 Å². The average molecular weight is 345 g/mol. The van der Waals surface area contributed by atoms with E-state index in [4.69, 9.17) is 60.3 Å². The molecule has 0 aromatic carbocycles. The zero-order chi connectivity index (χ0) is 10.7. The van der Waals surface area contributed by atoms with Crippen molar-refractivity contribution in [1.82, 2.24) is 0 Å². The molecule has 0 aliphatic carbocycles. The van der Waals surface area contributed by atoms with Crippen LogP contribution in [0.15, 0.2) is 0 Å². The van der Waals surface area contributed by atoms with Crippen LogP contribution in [0.4, 0.5) is 0 Å². The van der Waals surface area contributed by atoms with E-state index in [1.165, 1.54) is 6.92 Å². The van der Waals surface area contributed by atoms with Gasteiger partial charge in [0.05, 0.1) is 0 Å². The van der Waals surface area contributed by atoms with Gasteiger partial charge in [-0.05, 0) is 11.6 Å². The third-order valence-corrected chi connectivity index (χ3v) is 0. The summed E-state index contributed by atoms with van der Waals surface area (Å²) in [4.78, 5) is 9.21. The summed E-state index contributed by atoms with van der Waals surface area (Å²) in [6.45, 7) is 1.29. The van der Waals surface area contributed by atoms with Gasteiger partial charge in [-0.1, -0.05) is 0 Å². The summed E-state index contributed by atoms with van der Waals surface area (Å²) in [7, 11) is 29.7. The summed E-state index contributed by atoms with van der Waals surface area (Å²) in [5.74, 6) is 0. The number of hydrogen-bond donors (Lipinski definition) is 0. The molecule has 0 aliphatic rings. The van der Waals surface area contributed by atoms with Gasteiger partial charge in [0.15, 0.2) is 0 Å². The molecule has 0 saturated heterocycles. The zero-order valence-electron chi connectivity index (χ0n) is 5.71. The van der Waals surface area contributed by atoms with E-state index in [1.807, 2.05) is 0 Å². The second kappa shape index (κ2) is 16.2. The monoisotopic (exact) mass is 342 g/mol. The van der Waals surface area contributed by atoms with Crippen molar-refractivity contribution in [2.45, 2.75) is 6.92 Å². The fourth-order valence-electron chi connectivity index (χ4n) is 0. The average Bonchev–Trinajstić information content (AvgIpc) is 1.54. The highest BCUT2D eigenvalue weighted by Crippen LogP contribution is 1.97. The predicted octanol–water partition coefficient (Wildman–Crippen LogP) is 4.15. The minimum absolute atomic E-state index is 0.361. The van der Waals surface area contributed by atoms with Gasteiger partial charge in [-0.15, -0.1) is 0 Å². The van der Waals surface area contributed by atoms with Crippen molar-refractivity contribution in [3.05, 3.63) is 0 Å². The van der Waals surface area contributed by atoms with Gasteiger partial charge in [-0.2, -0.15) is 0 Å². The molecule has 0 aromatic rings. The van der Waals surface area contributed by atoms with Gasteiger partial charge in [-0.25, -0.2) is 60.3 Å². The number of carbonyl (C=O) groups is 1. The Morgan fingerprint density at radius 3 is 0.917 bits per heavy atom. The molecule has 0 amide bonds. The van der Waals surface area contributed by atoms with Gasteiger partial charge in [0.1, 0.15) is 0 Å². The van der Waals surface area contributed by atoms with Crippen molar-refractivity contribution in [2.24, 2.45) is 0 Å². The van der Waals surface area contributed by atoms with Gasteiger partial charge in [0.25, 0.3) is 0 Å². The predicted molar refractivity (Wildman–Crippen MR) is 63.2 cm³/mol. The van der Waals surface area contributed by atoms with Gasteiger partial charge < -0.3 is 0 Å². The standard InChI is InChI=1S/C2H3ClO.2Al.6ClH/c1-2(3)4;;;;;;;;/h1H3;;;6*1H/q;2*+3;;;;;;/p-6. The molecule has 0 spiro atoms. The molecule has 0 bridgehead atoms. The smallest absolute Gasteiger partial charge is 0.282 e. The third kappa shape index (κ3) is 231. The van der Waals surface area contributed by atoms with Gasteiger partial charge >= 0.3 is 22.8 Å². The van der Waals surface area contributed by atoms with Crippen LogP contribution in [0.1, 0.15) is 6.92 Å². The van der Waals surface area contributed by atoms with Crippen LogP contribution in [0.5, 0.6) is 0 Å². The lowest BCUT2D eigenvalue weighted by atomic mass is 10.9. The summed E-state index contributed by atoms with van der Waals surface area (Å²) in [5.41, 5.74) is 0. The fourth-order valence-corrected chi connectivity index (χ4v) is 0. The number of rotatable bonds is 0. The van der Waals surface area contributed by atoms with Crippen LogP contribution in [-0.2, 0) is 4.79 Å². The Morgan fingerprint density at radius 2 is 0.917 bits per heavy atom. The first-order valence-electron chi connectivity index (χ1n) is 2.20. The van der Waals surface area contributed by atoms with E-state index < -0.39 is 22.8 Å². The lowest BCUT2D eigenvalue weighted by Crippen LogP contribution is -1.66. The maximum atomic E-state index is 9.21. The number of carbonyl (C=O) groups excluding carboxylic acids is 1. The van der Waals surface area contributed by atoms with Crippen LogP contribution in [-0.4, -0.2) is 28.0 Å². The van der Waals surface area contributed by atoms with Crippen LogP contribution in [0, 0.1) is 0 Å². The zero-order valence-corrected chi connectivity index (χ0v) is 13.3.